The monoisotopic (exact) mass is 677 g/mol. The molecular weight excluding hydrogens is 644 g/mol. The number of benzene rings is 2. The summed E-state index contributed by atoms with van der Waals surface area (Å²) in [5.41, 5.74) is 2.44. The van der Waals surface area contributed by atoms with Crippen LogP contribution in [-0.4, -0.2) is 87.9 Å². The van der Waals surface area contributed by atoms with Gasteiger partial charge in [0.2, 0.25) is 0 Å². The molecule has 4 saturated heterocycles. The van der Waals surface area contributed by atoms with Crippen LogP contribution in [0.3, 0.4) is 0 Å². The lowest BCUT2D eigenvalue weighted by Crippen LogP contribution is -2.53. The molecule has 2 N–H and O–H groups in total. The molecule has 6 heterocycles. The number of alkyl halides is 4. The highest BCUT2D eigenvalue weighted by atomic mass is 32.1. The number of thiazole rings is 1. The summed E-state index contributed by atoms with van der Waals surface area (Å²) in [6.07, 6.45) is -2.21. The molecule has 0 spiro atoms. The highest BCUT2D eigenvalue weighted by Gasteiger charge is 2.49. The molecule has 2 aromatic heterocycles. The van der Waals surface area contributed by atoms with E-state index >= 15 is 4.39 Å². The van der Waals surface area contributed by atoms with E-state index in [-0.39, 0.29) is 62.3 Å². The zero-order valence-electron chi connectivity index (χ0n) is 25.6. The first-order valence-corrected chi connectivity index (χ1v) is 16.8. The van der Waals surface area contributed by atoms with Crippen LogP contribution >= 0.6 is 11.3 Å². The van der Waals surface area contributed by atoms with Gasteiger partial charge in [-0.1, -0.05) is 18.3 Å². The molecule has 0 radical (unpaired) electrons. The van der Waals surface area contributed by atoms with Gasteiger partial charge >= 0.3 is 12.2 Å². The van der Waals surface area contributed by atoms with Crippen LogP contribution in [0.25, 0.3) is 32.2 Å². The minimum absolute atomic E-state index is 0.0648. The van der Waals surface area contributed by atoms with Crippen molar-refractivity contribution in [1.82, 2.24) is 24.8 Å². The third-order valence-electron chi connectivity index (χ3n) is 10.5. The number of aromatic nitrogens is 3. The molecule has 2 bridgehead atoms. The number of nitrogens with zero attached hydrogens (tertiary/aromatic N) is 6. The molecule has 4 unspecified atom stereocenters. The first-order valence-electron chi connectivity index (χ1n) is 15.9. The summed E-state index contributed by atoms with van der Waals surface area (Å²) < 4.78 is 96.7. The summed E-state index contributed by atoms with van der Waals surface area (Å²) in [7, 11) is 0. The Morgan fingerprint density at radius 1 is 1.06 bits per heavy atom. The molecule has 15 heteroatoms. The van der Waals surface area contributed by atoms with Gasteiger partial charge in [-0.15, -0.1) is 0 Å². The SMILES string of the molecule is CCN1C2CCC1CN(c1nc(OCC34CCCN3CC(F)C4)nc3c(F)c(-c4ccc(F)c5sc(N)nc45)c(C(F)(F)F)cc13)C2. The van der Waals surface area contributed by atoms with Crippen LogP contribution in [0.15, 0.2) is 18.2 Å². The predicted molar refractivity (Wildman–Crippen MR) is 167 cm³/mol. The van der Waals surface area contributed by atoms with Crippen molar-refractivity contribution in [1.29, 1.82) is 0 Å². The summed E-state index contributed by atoms with van der Waals surface area (Å²) in [6.45, 7) is 5.04. The van der Waals surface area contributed by atoms with Gasteiger partial charge in [-0.2, -0.15) is 23.1 Å². The Balaban J connectivity index is 1.31. The molecule has 0 amide bonds. The fraction of sp³-hybridized carbons (Fsp3) is 0.531. The van der Waals surface area contributed by atoms with Crippen LogP contribution in [0.4, 0.5) is 37.3 Å². The van der Waals surface area contributed by atoms with Gasteiger partial charge in [-0.3, -0.25) is 9.80 Å². The minimum Gasteiger partial charge on any atom is -0.461 e. The Hall–Kier alpha value is -3.43. The van der Waals surface area contributed by atoms with E-state index in [4.69, 9.17) is 10.5 Å². The number of nitrogens with two attached hydrogens (primary N) is 1. The van der Waals surface area contributed by atoms with Gasteiger partial charge in [0.15, 0.2) is 10.9 Å². The van der Waals surface area contributed by atoms with E-state index < -0.39 is 40.6 Å². The summed E-state index contributed by atoms with van der Waals surface area (Å²) in [4.78, 5) is 19.5. The summed E-state index contributed by atoms with van der Waals surface area (Å²) >= 11 is 0.769. The molecule has 4 fully saturated rings. The normalized spacial score (nSPS) is 26.6. The Kier molecular flexibility index (Phi) is 7.26. The zero-order chi connectivity index (χ0) is 32.8. The largest absolute Gasteiger partial charge is 0.461 e. The van der Waals surface area contributed by atoms with E-state index in [0.717, 1.165) is 68.3 Å². The second-order valence-electron chi connectivity index (χ2n) is 13.1. The van der Waals surface area contributed by atoms with Gasteiger partial charge in [0.25, 0.3) is 0 Å². The Labute approximate surface area is 270 Å². The zero-order valence-corrected chi connectivity index (χ0v) is 26.4. The predicted octanol–water partition coefficient (Wildman–Crippen LogP) is 6.41. The van der Waals surface area contributed by atoms with E-state index in [1.165, 1.54) is 0 Å². The molecule has 4 aliphatic heterocycles. The maximum Gasteiger partial charge on any atom is 0.417 e. The van der Waals surface area contributed by atoms with Crippen molar-refractivity contribution in [3.63, 3.8) is 0 Å². The Bertz CT molecular complexity index is 1870. The van der Waals surface area contributed by atoms with Gasteiger partial charge in [0, 0.05) is 54.7 Å². The second-order valence-corrected chi connectivity index (χ2v) is 14.2. The topological polar surface area (TPSA) is 83.6 Å². The number of rotatable bonds is 6. The van der Waals surface area contributed by atoms with E-state index in [0.29, 0.717) is 26.1 Å². The fourth-order valence-electron chi connectivity index (χ4n) is 8.50. The van der Waals surface area contributed by atoms with Gasteiger partial charge in [0.1, 0.15) is 29.9 Å². The first-order chi connectivity index (χ1) is 22.5. The molecule has 4 atom stereocenters. The molecule has 4 aliphatic rings. The van der Waals surface area contributed by atoms with Crippen molar-refractivity contribution >= 4 is 43.4 Å². The van der Waals surface area contributed by atoms with E-state index in [1.807, 2.05) is 4.90 Å². The Morgan fingerprint density at radius 3 is 2.55 bits per heavy atom. The quantitative estimate of drug-likeness (QED) is 0.235. The summed E-state index contributed by atoms with van der Waals surface area (Å²) in [5, 5.41) is -0.165. The molecule has 4 aromatic rings. The van der Waals surface area contributed by atoms with Crippen molar-refractivity contribution in [2.75, 3.05) is 50.0 Å². The maximum atomic E-state index is 16.9. The van der Waals surface area contributed by atoms with Crippen LogP contribution in [0.1, 0.15) is 44.6 Å². The van der Waals surface area contributed by atoms with E-state index in [2.05, 4.69) is 31.7 Å². The number of hydrogen-bond acceptors (Lipinski definition) is 9. The van der Waals surface area contributed by atoms with Gasteiger partial charge in [0.05, 0.1) is 21.3 Å². The van der Waals surface area contributed by atoms with Gasteiger partial charge in [-0.05, 0) is 57.0 Å². The number of nitrogen functional groups attached to an aromatic ring is 1. The Morgan fingerprint density at radius 2 is 1.83 bits per heavy atom. The third-order valence-corrected chi connectivity index (χ3v) is 11.4. The number of piperazine rings is 1. The van der Waals surface area contributed by atoms with E-state index in [1.54, 1.807) is 0 Å². The smallest absolute Gasteiger partial charge is 0.417 e. The molecule has 0 aliphatic carbocycles. The third kappa shape index (κ3) is 4.98. The average Bonchev–Trinajstić information content (AvgIpc) is 3.75. The highest BCUT2D eigenvalue weighted by Crippen LogP contribution is 2.47. The number of fused-ring (bicyclic) bond motifs is 5. The van der Waals surface area contributed by atoms with Gasteiger partial charge in [-0.25, -0.2) is 18.2 Å². The number of halogens is 6. The molecule has 8 nitrogen and oxygen atoms in total. The van der Waals surface area contributed by atoms with Crippen LogP contribution in [0.5, 0.6) is 6.01 Å². The first kappa shape index (κ1) is 30.9. The number of anilines is 2. The van der Waals surface area contributed by atoms with Crippen LogP contribution in [-0.2, 0) is 6.18 Å². The van der Waals surface area contributed by atoms with Crippen molar-refractivity contribution in [3.8, 4) is 17.1 Å². The van der Waals surface area contributed by atoms with E-state index in [9.17, 15) is 22.0 Å². The van der Waals surface area contributed by atoms with Crippen LogP contribution < -0.4 is 15.4 Å². The molecule has 47 heavy (non-hydrogen) atoms. The molecular formula is C32H33F6N7OS. The van der Waals surface area contributed by atoms with Crippen LogP contribution in [0, 0.1) is 11.6 Å². The lowest BCUT2D eigenvalue weighted by atomic mass is 9.94. The molecule has 0 saturated carbocycles. The minimum atomic E-state index is -4.99. The fourth-order valence-corrected chi connectivity index (χ4v) is 9.27. The second kappa shape index (κ2) is 11.1. The highest BCUT2D eigenvalue weighted by molar-refractivity contribution is 7.22. The standard InChI is InChI=1S/C32H33F6N7OS/c1-2-45-17-4-5-18(45)14-43(13-17)28-20-10-21(32(36,37)38)23(19-6-7-22(34)27-26(19)40-29(39)47-27)24(35)25(20)41-30(42-28)46-15-31-8-3-9-44(31)12-16(33)11-31/h6-7,10,16-18H,2-5,8-9,11-15H2,1H3,(H2,39,40). The lowest BCUT2D eigenvalue weighted by molar-refractivity contribution is -0.137. The van der Waals surface area contributed by atoms with Crippen molar-refractivity contribution in [2.24, 2.45) is 0 Å². The summed E-state index contributed by atoms with van der Waals surface area (Å²) in [6, 6.07) is 3.11. The van der Waals surface area contributed by atoms with Gasteiger partial charge < -0.3 is 15.4 Å². The lowest BCUT2D eigenvalue weighted by Gasteiger charge is -2.41. The van der Waals surface area contributed by atoms with Crippen molar-refractivity contribution in [3.05, 3.63) is 35.4 Å². The maximum absolute atomic E-state index is 16.9. The summed E-state index contributed by atoms with van der Waals surface area (Å²) in [5.74, 6) is -1.81. The number of hydrogen-bond donors (Lipinski definition) is 1. The molecule has 250 valence electrons. The average molecular weight is 678 g/mol. The van der Waals surface area contributed by atoms with Crippen LogP contribution in [0.2, 0.25) is 0 Å². The molecule has 8 rings (SSSR count). The molecule has 2 aromatic carbocycles. The van der Waals surface area contributed by atoms with Crippen molar-refractivity contribution in [2.45, 2.75) is 69.0 Å². The van der Waals surface area contributed by atoms with Crippen molar-refractivity contribution < 1.29 is 31.1 Å². The number of ether oxygens (including phenoxy) is 1. The number of likely N-dealkylation sites (N-methyl/N-ethyl adjacent to an activating group) is 1.